The molecule has 4 nitrogen and oxygen atoms in total. The Bertz CT molecular complexity index is 357. The molecule has 0 aliphatic rings. The van der Waals surface area contributed by atoms with Gasteiger partial charge in [-0.05, 0) is 6.92 Å². The summed E-state index contributed by atoms with van der Waals surface area (Å²) in [6.45, 7) is 1.91. The van der Waals surface area contributed by atoms with E-state index in [9.17, 15) is 8.78 Å². The first-order chi connectivity index (χ1) is 7.43. The molecule has 1 unspecified atom stereocenters. The monoisotopic (exact) mass is 253 g/mol. The van der Waals surface area contributed by atoms with Gasteiger partial charge in [0.05, 0.1) is 5.69 Å². The molecule has 2 N–H and O–H groups in total. The van der Waals surface area contributed by atoms with E-state index in [1.54, 1.807) is 14.0 Å². The average molecular weight is 254 g/mol. The largest absolute Gasteiger partial charge is 0.386 e. The molecule has 92 valence electrons. The molecular formula is C9H14ClF2N3O. The van der Waals surface area contributed by atoms with E-state index in [0.29, 0.717) is 11.7 Å². The number of alkyl halides is 2. The summed E-state index contributed by atoms with van der Waals surface area (Å²) in [7, 11) is 1.70. The first-order valence-corrected chi connectivity index (χ1v) is 5.16. The Morgan fingerprint density at radius 1 is 1.56 bits per heavy atom. The van der Waals surface area contributed by atoms with Crippen molar-refractivity contribution in [2.45, 2.75) is 26.0 Å². The molecule has 0 radical (unpaired) electrons. The highest BCUT2D eigenvalue weighted by Crippen LogP contribution is 2.18. The molecule has 0 saturated carbocycles. The molecule has 0 fully saturated rings. The van der Waals surface area contributed by atoms with Crippen LogP contribution in [0.2, 0.25) is 5.15 Å². The topological polar surface area (TPSA) is 50.1 Å². The molecule has 0 spiro atoms. The number of halogens is 3. The lowest BCUT2D eigenvalue weighted by molar-refractivity contribution is -0.00341. The Balaban J connectivity index is 2.49. The van der Waals surface area contributed by atoms with E-state index in [-0.39, 0.29) is 6.54 Å². The summed E-state index contributed by atoms with van der Waals surface area (Å²) in [4.78, 5) is 0. The molecule has 1 aromatic heterocycles. The van der Waals surface area contributed by atoms with Crippen LogP contribution in [0.5, 0.6) is 0 Å². The normalized spacial score (nSPS) is 13.4. The number of hydrogen-bond donors (Lipinski definition) is 2. The fourth-order valence-corrected chi connectivity index (χ4v) is 1.55. The third kappa shape index (κ3) is 3.13. The predicted octanol–water partition coefficient (Wildman–Crippen LogP) is 1.10. The molecule has 0 aliphatic carbocycles. The Morgan fingerprint density at radius 3 is 2.62 bits per heavy atom. The minimum absolute atomic E-state index is 0.178. The highest BCUT2D eigenvalue weighted by atomic mass is 35.5. The van der Waals surface area contributed by atoms with Crippen LogP contribution in [0.3, 0.4) is 0 Å². The molecule has 1 heterocycles. The summed E-state index contributed by atoms with van der Waals surface area (Å²) in [6.07, 6.45) is -4.39. The van der Waals surface area contributed by atoms with Gasteiger partial charge in [-0.2, -0.15) is 5.10 Å². The third-order valence-electron chi connectivity index (χ3n) is 2.22. The van der Waals surface area contributed by atoms with Crippen molar-refractivity contribution in [2.75, 3.05) is 6.54 Å². The van der Waals surface area contributed by atoms with Gasteiger partial charge in [0.1, 0.15) is 11.3 Å². The lowest BCUT2D eigenvalue weighted by Gasteiger charge is -2.10. The summed E-state index contributed by atoms with van der Waals surface area (Å²) in [6, 6.07) is 0. The smallest absolute Gasteiger partial charge is 0.265 e. The molecule has 0 aromatic carbocycles. The van der Waals surface area contributed by atoms with Crippen LogP contribution in [0.1, 0.15) is 11.3 Å². The second kappa shape index (κ2) is 5.56. The molecule has 1 atom stereocenters. The Hall–Kier alpha value is -0.720. The van der Waals surface area contributed by atoms with Crippen molar-refractivity contribution in [3.05, 3.63) is 16.4 Å². The number of aromatic nitrogens is 2. The quantitative estimate of drug-likeness (QED) is 0.826. The third-order valence-corrected chi connectivity index (χ3v) is 2.69. The molecule has 16 heavy (non-hydrogen) atoms. The number of nitrogens with one attached hydrogen (secondary N) is 1. The van der Waals surface area contributed by atoms with Gasteiger partial charge in [0.2, 0.25) is 0 Å². The van der Waals surface area contributed by atoms with E-state index in [4.69, 9.17) is 16.7 Å². The molecule has 0 aliphatic heterocycles. The van der Waals surface area contributed by atoms with Crippen LogP contribution in [0.4, 0.5) is 8.78 Å². The number of aliphatic hydroxyl groups excluding tert-OH is 1. The van der Waals surface area contributed by atoms with Crippen molar-refractivity contribution >= 4 is 11.6 Å². The van der Waals surface area contributed by atoms with Crippen LogP contribution in [0, 0.1) is 6.92 Å². The minimum atomic E-state index is -2.74. The molecule has 7 heteroatoms. The zero-order chi connectivity index (χ0) is 12.3. The van der Waals surface area contributed by atoms with Gasteiger partial charge in [-0.15, -0.1) is 0 Å². The standard InChI is InChI=1S/C9H14ClF2N3O/c1-5-6(8(10)15(2)14-5)3-13-4-7(16)9(11)12/h7,9,13,16H,3-4H2,1-2H3. The lowest BCUT2D eigenvalue weighted by atomic mass is 10.2. The fourth-order valence-electron chi connectivity index (χ4n) is 1.31. The summed E-state index contributed by atoms with van der Waals surface area (Å²) in [5.74, 6) is 0. The predicted molar refractivity (Wildman–Crippen MR) is 56.7 cm³/mol. The second-order valence-corrected chi connectivity index (χ2v) is 3.87. The van der Waals surface area contributed by atoms with Gasteiger partial charge in [-0.3, -0.25) is 4.68 Å². The van der Waals surface area contributed by atoms with E-state index >= 15 is 0 Å². The number of aryl methyl sites for hydroxylation is 2. The zero-order valence-corrected chi connectivity index (χ0v) is 9.80. The molecule has 1 aromatic rings. The van der Waals surface area contributed by atoms with Gasteiger partial charge < -0.3 is 10.4 Å². The van der Waals surface area contributed by atoms with Crippen molar-refractivity contribution < 1.29 is 13.9 Å². The van der Waals surface area contributed by atoms with Gasteiger partial charge in [-0.1, -0.05) is 11.6 Å². The van der Waals surface area contributed by atoms with Crippen molar-refractivity contribution in [2.24, 2.45) is 7.05 Å². The van der Waals surface area contributed by atoms with Crippen LogP contribution >= 0.6 is 11.6 Å². The number of hydrogen-bond acceptors (Lipinski definition) is 3. The van der Waals surface area contributed by atoms with Crippen LogP contribution < -0.4 is 5.32 Å². The highest BCUT2D eigenvalue weighted by Gasteiger charge is 2.17. The summed E-state index contributed by atoms with van der Waals surface area (Å²) in [5, 5.41) is 16.1. The van der Waals surface area contributed by atoms with Crippen LogP contribution in [-0.4, -0.2) is 34.0 Å². The minimum Gasteiger partial charge on any atom is -0.386 e. The molecule has 0 saturated heterocycles. The maximum atomic E-state index is 12.0. The maximum Gasteiger partial charge on any atom is 0.265 e. The maximum absolute atomic E-state index is 12.0. The Labute approximate surface area is 97.2 Å². The van der Waals surface area contributed by atoms with E-state index < -0.39 is 12.5 Å². The Kier molecular flexibility index (Phi) is 4.64. The summed E-state index contributed by atoms with van der Waals surface area (Å²) >= 11 is 5.94. The summed E-state index contributed by atoms with van der Waals surface area (Å²) < 4.78 is 25.5. The average Bonchev–Trinajstić information content (AvgIpc) is 2.44. The molecule has 0 amide bonds. The van der Waals surface area contributed by atoms with E-state index in [1.807, 2.05) is 0 Å². The molecule has 1 rings (SSSR count). The van der Waals surface area contributed by atoms with Gasteiger partial charge in [0.15, 0.2) is 0 Å². The number of nitrogens with zero attached hydrogens (tertiary/aromatic N) is 2. The Morgan fingerprint density at radius 2 is 2.19 bits per heavy atom. The van der Waals surface area contributed by atoms with Crippen LogP contribution in [-0.2, 0) is 13.6 Å². The van der Waals surface area contributed by atoms with E-state index in [0.717, 1.165) is 11.3 Å². The number of aliphatic hydroxyl groups is 1. The van der Waals surface area contributed by atoms with Crippen molar-refractivity contribution in [1.82, 2.24) is 15.1 Å². The van der Waals surface area contributed by atoms with Gasteiger partial charge in [0.25, 0.3) is 6.43 Å². The SMILES string of the molecule is Cc1nn(C)c(Cl)c1CNCC(O)C(F)F. The van der Waals surface area contributed by atoms with Crippen molar-refractivity contribution in [1.29, 1.82) is 0 Å². The zero-order valence-electron chi connectivity index (χ0n) is 9.04. The molecule has 0 bridgehead atoms. The highest BCUT2D eigenvalue weighted by molar-refractivity contribution is 6.30. The first-order valence-electron chi connectivity index (χ1n) is 4.78. The van der Waals surface area contributed by atoms with Gasteiger partial charge in [-0.25, -0.2) is 8.78 Å². The van der Waals surface area contributed by atoms with Crippen molar-refractivity contribution in [3.63, 3.8) is 0 Å². The molecular weight excluding hydrogens is 240 g/mol. The summed E-state index contributed by atoms with van der Waals surface area (Å²) in [5.41, 5.74) is 1.50. The lowest BCUT2D eigenvalue weighted by Crippen LogP contribution is -2.31. The number of rotatable bonds is 5. The van der Waals surface area contributed by atoms with Gasteiger partial charge >= 0.3 is 0 Å². The second-order valence-electron chi connectivity index (χ2n) is 3.51. The van der Waals surface area contributed by atoms with E-state index in [2.05, 4.69) is 10.4 Å². The van der Waals surface area contributed by atoms with Crippen molar-refractivity contribution in [3.8, 4) is 0 Å². The van der Waals surface area contributed by atoms with Gasteiger partial charge in [0, 0.05) is 25.7 Å². The fraction of sp³-hybridized carbons (Fsp3) is 0.667. The van der Waals surface area contributed by atoms with Crippen LogP contribution in [0.25, 0.3) is 0 Å². The van der Waals surface area contributed by atoms with Crippen LogP contribution in [0.15, 0.2) is 0 Å². The first kappa shape index (κ1) is 13.3. The van der Waals surface area contributed by atoms with E-state index in [1.165, 1.54) is 4.68 Å².